The van der Waals surface area contributed by atoms with Crippen molar-refractivity contribution in [3.05, 3.63) is 35.1 Å². The van der Waals surface area contributed by atoms with E-state index in [0.717, 1.165) is 11.8 Å². The molecule has 5 heteroatoms. The molecule has 0 saturated carbocycles. The van der Waals surface area contributed by atoms with Crippen LogP contribution < -0.4 is 4.72 Å². The lowest BCUT2D eigenvalue weighted by atomic mass is 10.1. The number of halogens is 1. The maximum Gasteiger partial charge on any atom is 0.209 e. The van der Waals surface area contributed by atoms with Crippen LogP contribution in [0.1, 0.15) is 11.1 Å². The Morgan fingerprint density at radius 1 is 1.43 bits per heavy atom. The Hall–Kier alpha value is -0.940. The third-order valence-corrected chi connectivity index (χ3v) is 2.43. The van der Waals surface area contributed by atoms with E-state index in [2.05, 4.69) is 4.72 Å². The molecule has 1 N–H and O–H groups in total. The van der Waals surface area contributed by atoms with Crippen molar-refractivity contribution >= 4 is 10.0 Å². The van der Waals surface area contributed by atoms with Gasteiger partial charge in [0.25, 0.3) is 0 Å². The molecule has 78 valence electrons. The quantitative estimate of drug-likeness (QED) is 0.826. The molecule has 0 amide bonds. The maximum atomic E-state index is 12.8. The van der Waals surface area contributed by atoms with Gasteiger partial charge in [0, 0.05) is 6.54 Å². The zero-order chi connectivity index (χ0) is 10.8. The zero-order valence-corrected chi connectivity index (χ0v) is 8.86. The van der Waals surface area contributed by atoms with Gasteiger partial charge in [0.05, 0.1) is 6.26 Å². The Balaban J connectivity index is 2.74. The topological polar surface area (TPSA) is 46.2 Å². The molecule has 0 bridgehead atoms. The molecule has 0 aliphatic carbocycles. The van der Waals surface area contributed by atoms with Crippen LogP contribution in [0, 0.1) is 12.7 Å². The Kier molecular flexibility index (Phi) is 3.23. The molecule has 14 heavy (non-hydrogen) atoms. The summed E-state index contributed by atoms with van der Waals surface area (Å²) in [4.78, 5) is 0. The van der Waals surface area contributed by atoms with Gasteiger partial charge in [-0.3, -0.25) is 0 Å². The summed E-state index contributed by atoms with van der Waals surface area (Å²) < 4.78 is 36.7. The van der Waals surface area contributed by atoms with Gasteiger partial charge in [0.15, 0.2) is 0 Å². The lowest BCUT2D eigenvalue weighted by molar-refractivity contribution is 0.587. The predicted octanol–water partition coefficient (Wildman–Crippen LogP) is 1.18. The van der Waals surface area contributed by atoms with Crippen LogP contribution in [0.3, 0.4) is 0 Å². The first-order valence-corrected chi connectivity index (χ1v) is 5.97. The van der Waals surface area contributed by atoms with Crippen molar-refractivity contribution in [3.63, 3.8) is 0 Å². The molecule has 0 aliphatic heterocycles. The smallest absolute Gasteiger partial charge is 0.209 e. The lowest BCUT2D eigenvalue weighted by Gasteiger charge is -2.04. The van der Waals surface area contributed by atoms with Crippen LogP contribution in [0.4, 0.5) is 4.39 Å². The maximum absolute atomic E-state index is 12.8. The third-order valence-electron chi connectivity index (χ3n) is 1.76. The average molecular weight is 217 g/mol. The van der Waals surface area contributed by atoms with Crippen LogP contribution in [0.5, 0.6) is 0 Å². The Morgan fingerprint density at radius 3 is 2.57 bits per heavy atom. The number of benzene rings is 1. The molecule has 0 saturated heterocycles. The highest BCUT2D eigenvalue weighted by molar-refractivity contribution is 7.88. The molecular formula is C9H12FNO2S. The Bertz CT molecular complexity index is 428. The first-order chi connectivity index (χ1) is 6.38. The van der Waals surface area contributed by atoms with Gasteiger partial charge in [-0.1, -0.05) is 12.1 Å². The van der Waals surface area contributed by atoms with Crippen LogP contribution in [-0.2, 0) is 16.6 Å². The Labute approximate surface area is 83.0 Å². The molecule has 0 fully saturated rings. The lowest BCUT2D eigenvalue weighted by Crippen LogP contribution is -2.21. The van der Waals surface area contributed by atoms with E-state index in [1.807, 2.05) is 0 Å². The van der Waals surface area contributed by atoms with Gasteiger partial charge < -0.3 is 0 Å². The van der Waals surface area contributed by atoms with Crippen molar-refractivity contribution < 1.29 is 12.8 Å². The van der Waals surface area contributed by atoms with Crippen molar-refractivity contribution in [2.45, 2.75) is 13.5 Å². The van der Waals surface area contributed by atoms with E-state index in [1.165, 1.54) is 6.07 Å². The van der Waals surface area contributed by atoms with Gasteiger partial charge >= 0.3 is 0 Å². The molecule has 1 rings (SSSR count). The summed E-state index contributed by atoms with van der Waals surface area (Å²) in [6.07, 6.45) is 1.09. The second-order valence-corrected chi connectivity index (χ2v) is 5.01. The molecule has 0 atom stereocenters. The number of aryl methyl sites for hydroxylation is 1. The fourth-order valence-electron chi connectivity index (χ4n) is 1.03. The summed E-state index contributed by atoms with van der Waals surface area (Å²) in [5, 5.41) is 0. The van der Waals surface area contributed by atoms with Crippen molar-refractivity contribution in [2.24, 2.45) is 0 Å². The highest BCUT2D eigenvalue weighted by atomic mass is 32.2. The molecule has 3 nitrogen and oxygen atoms in total. The van der Waals surface area contributed by atoms with E-state index in [9.17, 15) is 12.8 Å². The van der Waals surface area contributed by atoms with Crippen LogP contribution in [0.2, 0.25) is 0 Å². The van der Waals surface area contributed by atoms with E-state index in [1.54, 1.807) is 19.1 Å². The first kappa shape index (κ1) is 11.1. The van der Waals surface area contributed by atoms with Crippen molar-refractivity contribution in [2.75, 3.05) is 6.26 Å². The monoisotopic (exact) mass is 217 g/mol. The number of rotatable bonds is 3. The molecule has 0 aliphatic rings. The van der Waals surface area contributed by atoms with Crippen LogP contribution in [0.25, 0.3) is 0 Å². The highest BCUT2D eigenvalue weighted by Crippen LogP contribution is 2.08. The predicted molar refractivity (Wildman–Crippen MR) is 52.8 cm³/mol. The van der Waals surface area contributed by atoms with Gasteiger partial charge in [-0.25, -0.2) is 17.5 Å². The van der Waals surface area contributed by atoms with E-state index < -0.39 is 10.0 Å². The van der Waals surface area contributed by atoms with Gasteiger partial charge in [-0.2, -0.15) is 0 Å². The number of hydrogen-bond acceptors (Lipinski definition) is 2. The summed E-state index contributed by atoms with van der Waals surface area (Å²) in [7, 11) is -3.19. The van der Waals surface area contributed by atoms with Crippen molar-refractivity contribution in [1.29, 1.82) is 0 Å². The minimum atomic E-state index is -3.19. The van der Waals surface area contributed by atoms with E-state index in [-0.39, 0.29) is 12.4 Å². The fourth-order valence-corrected chi connectivity index (χ4v) is 1.46. The average Bonchev–Trinajstić information content (AvgIpc) is 2.06. The summed E-state index contributed by atoms with van der Waals surface area (Å²) in [6.45, 7) is 1.83. The molecule has 0 spiro atoms. The largest absolute Gasteiger partial charge is 0.213 e. The standard InChI is InChI=1S/C9H12FNO2S/c1-7-5-8(3-4-9(7)10)6-11-14(2,12)13/h3-5,11H,6H2,1-2H3. The van der Waals surface area contributed by atoms with Crippen LogP contribution >= 0.6 is 0 Å². The van der Waals surface area contributed by atoms with Gasteiger partial charge in [0.1, 0.15) is 5.82 Å². The number of hydrogen-bond donors (Lipinski definition) is 1. The summed E-state index contributed by atoms with van der Waals surface area (Å²) in [5.41, 5.74) is 1.26. The highest BCUT2D eigenvalue weighted by Gasteiger charge is 2.02. The molecule has 1 aromatic carbocycles. The fraction of sp³-hybridized carbons (Fsp3) is 0.333. The molecule has 0 unspecified atom stereocenters. The van der Waals surface area contributed by atoms with E-state index in [0.29, 0.717) is 5.56 Å². The zero-order valence-electron chi connectivity index (χ0n) is 8.04. The SMILES string of the molecule is Cc1cc(CNS(C)(=O)=O)ccc1F. The van der Waals surface area contributed by atoms with Crippen LogP contribution in [0.15, 0.2) is 18.2 Å². The van der Waals surface area contributed by atoms with E-state index in [4.69, 9.17) is 0 Å². The molecular weight excluding hydrogens is 205 g/mol. The van der Waals surface area contributed by atoms with Gasteiger partial charge in [-0.15, -0.1) is 0 Å². The van der Waals surface area contributed by atoms with Gasteiger partial charge in [0.2, 0.25) is 10.0 Å². The minimum Gasteiger partial charge on any atom is -0.213 e. The number of sulfonamides is 1. The number of nitrogens with one attached hydrogen (secondary N) is 1. The minimum absolute atomic E-state index is 0.194. The van der Waals surface area contributed by atoms with Crippen LogP contribution in [-0.4, -0.2) is 14.7 Å². The molecule has 0 heterocycles. The first-order valence-electron chi connectivity index (χ1n) is 4.08. The summed E-state index contributed by atoms with van der Waals surface area (Å²) in [6, 6.07) is 4.50. The third kappa shape index (κ3) is 3.43. The van der Waals surface area contributed by atoms with Crippen molar-refractivity contribution in [1.82, 2.24) is 4.72 Å². The van der Waals surface area contributed by atoms with Crippen molar-refractivity contribution in [3.8, 4) is 0 Å². The van der Waals surface area contributed by atoms with E-state index >= 15 is 0 Å². The second-order valence-electron chi connectivity index (χ2n) is 3.18. The summed E-state index contributed by atoms with van der Waals surface area (Å²) in [5.74, 6) is -0.284. The second kappa shape index (κ2) is 4.06. The molecule has 1 aromatic rings. The normalized spacial score (nSPS) is 11.6. The Morgan fingerprint density at radius 2 is 2.07 bits per heavy atom. The molecule has 0 radical (unpaired) electrons. The molecule has 0 aromatic heterocycles. The van der Waals surface area contributed by atoms with Gasteiger partial charge in [-0.05, 0) is 24.1 Å². The summed E-state index contributed by atoms with van der Waals surface area (Å²) >= 11 is 0.